The van der Waals surface area contributed by atoms with Crippen LogP contribution in [0.25, 0.3) is 6.08 Å². The number of para-hydroxylation sites is 1. The molecule has 1 aliphatic heterocycles. The Morgan fingerprint density at radius 2 is 1.76 bits per heavy atom. The fraction of sp³-hybridized carbons (Fsp3) is 0.0800. The molecular formula is C25H17Cl2NO5S. The number of carbonyl (C=O) groups excluding carboxylic acids is 3. The molecule has 3 aromatic carbocycles. The number of esters is 1. The van der Waals surface area contributed by atoms with Crippen LogP contribution < -0.4 is 9.47 Å². The van der Waals surface area contributed by atoms with Crippen molar-refractivity contribution in [2.45, 2.75) is 0 Å². The van der Waals surface area contributed by atoms with Crippen LogP contribution in [0.1, 0.15) is 15.9 Å². The van der Waals surface area contributed by atoms with E-state index in [1.54, 1.807) is 72.8 Å². The Morgan fingerprint density at radius 1 is 0.971 bits per heavy atom. The third-order valence-corrected chi connectivity index (χ3v) is 6.16. The molecule has 0 atom stereocenters. The van der Waals surface area contributed by atoms with Crippen molar-refractivity contribution in [3.8, 4) is 11.5 Å². The van der Waals surface area contributed by atoms with Crippen LogP contribution in [0.5, 0.6) is 11.5 Å². The maximum atomic E-state index is 12.7. The first kappa shape index (κ1) is 23.9. The van der Waals surface area contributed by atoms with Gasteiger partial charge in [-0.3, -0.25) is 14.5 Å². The largest absolute Gasteiger partial charge is 0.490 e. The molecular weight excluding hydrogens is 497 g/mol. The lowest BCUT2D eigenvalue weighted by Crippen LogP contribution is -2.32. The molecule has 34 heavy (non-hydrogen) atoms. The van der Waals surface area contributed by atoms with Gasteiger partial charge in [-0.2, -0.15) is 0 Å². The molecule has 0 aliphatic carbocycles. The van der Waals surface area contributed by atoms with Gasteiger partial charge in [0.1, 0.15) is 18.1 Å². The molecule has 3 aromatic rings. The molecule has 0 spiro atoms. The predicted molar refractivity (Wildman–Crippen MR) is 132 cm³/mol. The molecule has 0 saturated carbocycles. The van der Waals surface area contributed by atoms with Gasteiger partial charge in [0.2, 0.25) is 0 Å². The summed E-state index contributed by atoms with van der Waals surface area (Å²) in [6.07, 6.45) is 1.58. The number of carbonyl (C=O) groups is 3. The Bertz CT molecular complexity index is 1290. The first-order valence-electron chi connectivity index (χ1n) is 10.1. The van der Waals surface area contributed by atoms with Gasteiger partial charge < -0.3 is 9.47 Å². The van der Waals surface area contributed by atoms with Crippen LogP contribution in [-0.2, 0) is 4.79 Å². The highest BCUT2D eigenvalue weighted by Crippen LogP contribution is 2.33. The molecule has 0 radical (unpaired) electrons. The first-order valence-corrected chi connectivity index (χ1v) is 11.7. The van der Waals surface area contributed by atoms with Gasteiger partial charge in [-0.1, -0.05) is 53.5 Å². The summed E-state index contributed by atoms with van der Waals surface area (Å²) in [5.74, 6) is -0.195. The highest BCUT2D eigenvalue weighted by molar-refractivity contribution is 8.18. The Morgan fingerprint density at radius 3 is 2.56 bits per heavy atom. The number of ether oxygens (including phenoxy) is 2. The van der Waals surface area contributed by atoms with E-state index in [4.69, 9.17) is 32.7 Å². The van der Waals surface area contributed by atoms with E-state index in [1.165, 1.54) is 6.07 Å². The van der Waals surface area contributed by atoms with Crippen molar-refractivity contribution >= 4 is 58.2 Å². The number of nitrogens with zero attached hydrogens (tertiary/aromatic N) is 1. The zero-order valence-corrected chi connectivity index (χ0v) is 19.9. The summed E-state index contributed by atoms with van der Waals surface area (Å²) in [5.41, 5.74) is 0.923. The van der Waals surface area contributed by atoms with Crippen LogP contribution in [0.4, 0.5) is 4.79 Å². The van der Waals surface area contributed by atoms with Crippen LogP contribution in [0, 0.1) is 0 Å². The zero-order chi connectivity index (χ0) is 24.1. The lowest BCUT2D eigenvalue weighted by Gasteiger charge is -2.13. The van der Waals surface area contributed by atoms with E-state index >= 15 is 0 Å². The number of thioether (sulfide) groups is 1. The minimum Gasteiger partial charge on any atom is -0.490 e. The van der Waals surface area contributed by atoms with Gasteiger partial charge in [0.15, 0.2) is 0 Å². The standard InChI is InChI=1S/C25H17Cl2NO5S/c26-18-7-4-6-17(15-18)24(30)33-19-8-3-5-16(13-19)14-22-23(29)28(25(31)34-22)11-12-32-21-10-2-1-9-20(21)27/h1-10,13-15H,11-12H2/b22-14-. The molecule has 1 saturated heterocycles. The number of rotatable bonds is 7. The maximum Gasteiger partial charge on any atom is 0.343 e. The molecule has 9 heteroatoms. The van der Waals surface area contributed by atoms with Crippen molar-refractivity contribution in [3.63, 3.8) is 0 Å². The Hall–Kier alpha value is -3.26. The fourth-order valence-corrected chi connectivity index (χ4v) is 4.35. The zero-order valence-electron chi connectivity index (χ0n) is 17.6. The van der Waals surface area contributed by atoms with E-state index in [9.17, 15) is 14.4 Å². The lowest BCUT2D eigenvalue weighted by molar-refractivity contribution is -0.123. The van der Waals surface area contributed by atoms with Crippen molar-refractivity contribution in [1.82, 2.24) is 4.90 Å². The van der Waals surface area contributed by atoms with Crippen LogP contribution in [0.3, 0.4) is 0 Å². The van der Waals surface area contributed by atoms with Gasteiger partial charge in [-0.15, -0.1) is 0 Å². The lowest BCUT2D eigenvalue weighted by atomic mass is 10.2. The van der Waals surface area contributed by atoms with E-state index < -0.39 is 11.9 Å². The second-order valence-corrected chi connectivity index (χ2v) is 8.92. The van der Waals surface area contributed by atoms with Crippen molar-refractivity contribution in [2.75, 3.05) is 13.2 Å². The molecule has 4 rings (SSSR count). The third-order valence-electron chi connectivity index (χ3n) is 4.71. The molecule has 0 bridgehead atoms. The molecule has 0 unspecified atom stereocenters. The molecule has 172 valence electrons. The highest BCUT2D eigenvalue weighted by atomic mass is 35.5. The Kier molecular flexibility index (Phi) is 7.57. The summed E-state index contributed by atoms with van der Waals surface area (Å²) >= 11 is 12.8. The second kappa shape index (κ2) is 10.8. The smallest absolute Gasteiger partial charge is 0.343 e. The number of amides is 2. The summed E-state index contributed by atoms with van der Waals surface area (Å²) in [6.45, 7) is 0.203. The highest BCUT2D eigenvalue weighted by Gasteiger charge is 2.34. The van der Waals surface area contributed by atoms with Crippen molar-refractivity contribution < 1.29 is 23.9 Å². The summed E-state index contributed by atoms with van der Waals surface area (Å²) in [6, 6.07) is 20.1. The Balaban J connectivity index is 1.40. The quantitative estimate of drug-likeness (QED) is 0.209. The topological polar surface area (TPSA) is 72.9 Å². The van der Waals surface area contributed by atoms with E-state index in [-0.39, 0.29) is 23.3 Å². The van der Waals surface area contributed by atoms with E-state index in [1.807, 2.05) is 0 Å². The number of hydrogen-bond acceptors (Lipinski definition) is 6. The third kappa shape index (κ3) is 5.80. The van der Waals surface area contributed by atoms with Gasteiger partial charge in [0.05, 0.1) is 22.0 Å². The summed E-state index contributed by atoms with van der Waals surface area (Å²) in [5, 5.41) is 0.492. The monoisotopic (exact) mass is 513 g/mol. The van der Waals surface area contributed by atoms with Gasteiger partial charge in [0, 0.05) is 5.02 Å². The summed E-state index contributed by atoms with van der Waals surface area (Å²) < 4.78 is 11.0. The Labute approximate surface area is 210 Å². The molecule has 1 heterocycles. The summed E-state index contributed by atoms with van der Waals surface area (Å²) in [4.78, 5) is 38.8. The molecule has 0 aromatic heterocycles. The van der Waals surface area contributed by atoms with Crippen LogP contribution >= 0.6 is 35.0 Å². The van der Waals surface area contributed by atoms with Crippen LogP contribution in [-0.4, -0.2) is 35.2 Å². The number of imide groups is 1. The number of halogens is 2. The number of benzene rings is 3. The fourth-order valence-electron chi connectivity index (χ4n) is 3.10. The molecule has 1 aliphatic rings. The van der Waals surface area contributed by atoms with E-state index in [2.05, 4.69) is 0 Å². The van der Waals surface area contributed by atoms with Gasteiger partial charge >= 0.3 is 5.97 Å². The van der Waals surface area contributed by atoms with Gasteiger partial charge in [0.25, 0.3) is 11.1 Å². The minimum atomic E-state index is -0.557. The molecule has 2 amide bonds. The van der Waals surface area contributed by atoms with E-state index in [0.29, 0.717) is 32.7 Å². The van der Waals surface area contributed by atoms with Gasteiger partial charge in [-0.25, -0.2) is 4.79 Å². The molecule has 6 nitrogen and oxygen atoms in total. The van der Waals surface area contributed by atoms with Crippen LogP contribution in [0.15, 0.2) is 77.7 Å². The average molecular weight is 514 g/mol. The maximum absolute atomic E-state index is 12.7. The van der Waals surface area contributed by atoms with Crippen LogP contribution in [0.2, 0.25) is 10.0 Å². The second-order valence-electron chi connectivity index (χ2n) is 7.08. The van der Waals surface area contributed by atoms with E-state index in [0.717, 1.165) is 16.7 Å². The van der Waals surface area contributed by atoms with Gasteiger partial charge in [-0.05, 0) is 65.9 Å². The first-order chi connectivity index (χ1) is 16.4. The van der Waals surface area contributed by atoms with Crippen molar-refractivity contribution in [2.24, 2.45) is 0 Å². The SMILES string of the molecule is O=C(Oc1cccc(/C=C2\SC(=O)N(CCOc3ccccc3Cl)C2=O)c1)c1cccc(Cl)c1. The molecule has 0 N–H and O–H groups in total. The number of hydrogen-bond donors (Lipinski definition) is 0. The predicted octanol–water partition coefficient (Wildman–Crippen LogP) is 6.33. The van der Waals surface area contributed by atoms with Crippen molar-refractivity contribution in [3.05, 3.63) is 98.9 Å². The summed E-state index contributed by atoms with van der Waals surface area (Å²) in [7, 11) is 0. The van der Waals surface area contributed by atoms with Crippen molar-refractivity contribution in [1.29, 1.82) is 0 Å². The minimum absolute atomic E-state index is 0.0878. The average Bonchev–Trinajstić information content (AvgIpc) is 3.08. The molecule has 1 fully saturated rings. The normalized spacial score (nSPS) is 14.5.